The van der Waals surface area contributed by atoms with Crippen LogP contribution in [0.15, 0.2) is 42.5 Å². The maximum Gasteiger partial charge on any atom is 0.246 e. The molecule has 1 fully saturated rings. The second kappa shape index (κ2) is 7.74. The largest absolute Gasteiger partial charge is 0.374 e. The number of hydrogen-bond acceptors (Lipinski definition) is 3. The van der Waals surface area contributed by atoms with Crippen LogP contribution in [0.5, 0.6) is 0 Å². The van der Waals surface area contributed by atoms with Crippen LogP contribution in [0.3, 0.4) is 0 Å². The molecule has 0 bridgehead atoms. The normalized spacial score (nSPS) is 14.4. The second-order valence-corrected chi connectivity index (χ2v) is 6.76. The Balaban J connectivity index is 1.55. The molecule has 136 valence electrons. The van der Waals surface area contributed by atoms with Crippen molar-refractivity contribution in [2.75, 3.05) is 16.0 Å². The van der Waals surface area contributed by atoms with Gasteiger partial charge in [-0.15, -0.1) is 0 Å². The van der Waals surface area contributed by atoms with E-state index in [0.717, 1.165) is 18.9 Å². The maximum absolute atomic E-state index is 13.8. The van der Waals surface area contributed by atoms with Crippen LogP contribution in [0.1, 0.15) is 19.8 Å². The highest BCUT2D eigenvalue weighted by atomic mass is 35.5. The lowest BCUT2D eigenvalue weighted by Gasteiger charge is -2.16. The van der Waals surface area contributed by atoms with Crippen LogP contribution in [0.25, 0.3) is 0 Å². The van der Waals surface area contributed by atoms with Gasteiger partial charge in [0.25, 0.3) is 0 Å². The molecule has 2 aromatic carbocycles. The van der Waals surface area contributed by atoms with Crippen molar-refractivity contribution in [2.24, 2.45) is 5.92 Å². The highest BCUT2D eigenvalue weighted by Crippen LogP contribution is 2.30. The molecule has 0 aromatic heterocycles. The summed E-state index contributed by atoms with van der Waals surface area (Å²) in [5.74, 6) is -0.778. The van der Waals surface area contributed by atoms with Crippen LogP contribution in [-0.2, 0) is 9.59 Å². The van der Waals surface area contributed by atoms with Crippen LogP contribution in [-0.4, -0.2) is 17.9 Å². The molecule has 1 unspecified atom stereocenters. The van der Waals surface area contributed by atoms with E-state index in [0.29, 0.717) is 11.4 Å². The molecule has 2 amide bonds. The number of amides is 2. The van der Waals surface area contributed by atoms with E-state index in [4.69, 9.17) is 11.6 Å². The Morgan fingerprint density at radius 2 is 1.73 bits per heavy atom. The fourth-order valence-corrected chi connectivity index (χ4v) is 2.55. The molecule has 5 nitrogen and oxygen atoms in total. The Kier molecular flexibility index (Phi) is 5.42. The van der Waals surface area contributed by atoms with Crippen LogP contribution in [0, 0.1) is 11.7 Å². The van der Waals surface area contributed by atoms with Crippen molar-refractivity contribution in [1.29, 1.82) is 0 Å². The summed E-state index contributed by atoms with van der Waals surface area (Å²) < 4.78 is 13.8. The van der Waals surface area contributed by atoms with E-state index in [2.05, 4.69) is 16.0 Å². The van der Waals surface area contributed by atoms with E-state index in [1.807, 2.05) is 0 Å². The maximum atomic E-state index is 13.8. The van der Waals surface area contributed by atoms with Gasteiger partial charge in [0.1, 0.15) is 11.9 Å². The predicted octanol–water partition coefficient (Wildman–Crippen LogP) is 4.27. The smallest absolute Gasteiger partial charge is 0.246 e. The number of nitrogens with one attached hydrogen (secondary N) is 3. The molecule has 1 atom stereocenters. The fourth-order valence-electron chi connectivity index (χ4n) is 2.39. The quantitative estimate of drug-likeness (QED) is 0.706. The van der Waals surface area contributed by atoms with E-state index in [1.54, 1.807) is 31.2 Å². The van der Waals surface area contributed by atoms with Crippen LogP contribution in [0.4, 0.5) is 21.5 Å². The van der Waals surface area contributed by atoms with Crippen molar-refractivity contribution in [3.8, 4) is 0 Å². The zero-order valence-electron chi connectivity index (χ0n) is 14.2. The minimum atomic E-state index is -0.589. The summed E-state index contributed by atoms with van der Waals surface area (Å²) in [6.07, 6.45) is 1.90. The van der Waals surface area contributed by atoms with Crippen molar-refractivity contribution < 1.29 is 14.0 Å². The van der Waals surface area contributed by atoms with Crippen molar-refractivity contribution in [3.05, 3.63) is 53.3 Å². The van der Waals surface area contributed by atoms with Gasteiger partial charge in [0, 0.05) is 22.3 Å². The zero-order valence-corrected chi connectivity index (χ0v) is 14.9. The summed E-state index contributed by atoms with van der Waals surface area (Å²) in [7, 11) is 0. The van der Waals surface area contributed by atoms with Crippen LogP contribution in [0.2, 0.25) is 5.02 Å². The van der Waals surface area contributed by atoms with Gasteiger partial charge in [-0.2, -0.15) is 0 Å². The lowest BCUT2D eigenvalue weighted by atomic mass is 10.2. The highest BCUT2D eigenvalue weighted by molar-refractivity contribution is 6.30. The molecule has 0 spiro atoms. The van der Waals surface area contributed by atoms with Gasteiger partial charge in [0.2, 0.25) is 11.8 Å². The number of anilines is 3. The van der Waals surface area contributed by atoms with Gasteiger partial charge in [-0.25, -0.2) is 4.39 Å². The molecule has 3 rings (SSSR count). The summed E-state index contributed by atoms with van der Waals surface area (Å²) in [6.45, 7) is 1.67. The molecule has 1 saturated carbocycles. The number of carbonyl (C=O) groups is 2. The van der Waals surface area contributed by atoms with E-state index >= 15 is 0 Å². The highest BCUT2D eigenvalue weighted by Gasteiger charge is 2.29. The Labute approximate surface area is 155 Å². The molecule has 0 radical (unpaired) electrons. The molecular weight excluding hydrogens is 357 g/mol. The van der Waals surface area contributed by atoms with Gasteiger partial charge in [-0.1, -0.05) is 11.6 Å². The summed E-state index contributed by atoms with van der Waals surface area (Å²) in [5.41, 5.74) is 1.51. The minimum Gasteiger partial charge on any atom is -0.374 e. The molecule has 7 heteroatoms. The summed E-state index contributed by atoms with van der Waals surface area (Å²) in [5, 5.41) is 8.67. The Morgan fingerprint density at radius 1 is 1.08 bits per heavy atom. The van der Waals surface area contributed by atoms with Gasteiger partial charge in [-0.3, -0.25) is 9.59 Å². The number of benzene rings is 2. The first kappa shape index (κ1) is 18.2. The van der Waals surface area contributed by atoms with Gasteiger partial charge in [-0.05, 0) is 62.2 Å². The monoisotopic (exact) mass is 375 g/mol. The van der Waals surface area contributed by atoms with Gasteiger partial charge < -0.3 is 16.0 Å². The Bertz CT molecular complexity index is 822. The number of hydrogen-bond donors (Lipinski definition) is 3. The summed E-state index contributed by atoms with van der Waals surface area (Å²) in [6, 6.07) is 10.6. The van der Waals surface area contributed by atoms with E-state index in [1.165, 1.54) is 12.1 Å². The molecule has 3 N–H and O–H groups in total. The number of rotatable bonds is 6. The SMILES string of the molecule is CC(Nc1ccc(NC(=O)C2CC2)cc1)C(=O)Nc1ccc(Cl)cc1F. The van der Waals surface area contributed by atoms with E-state index in [9.17, 15) is 14.0 Å². The Hall–Kier alpha value is -2.60. The van der Waals surface area contributed by atoms with Crippen molar-refractivity contribution >= 4 is 40.5 Å². The zero-order chi connectivity index (χ0) is 18.7. The topological polar surface area (TPSA) is 70.2 Å². The molecule has 0 saturated heterocycles. The molecule has 1 aliphatic carbocycles. The van der Waals surface area contributed by atoms with Gasteiger partial charge >= 0.3 is 0 Å². The van der Waals surface area contributed by atoms with Crippen molar-refractivity contribution in [2.45, 2.75) is 25.8 Å². The van der Waals surface area contributed by atoms with E-state index in [-0.39, 0.29) is 28.4 Å². The molecule has 0 heterocycles. The van der Waals surface area contributed by atoms with Crippen molar-refractivity contribution in [3.63, 3.8) is 0 Å². The fraction of sp³-hybridized carbons (Fsp3) is 0.263. The standard InChI is InChI=1S/C19H19ClFN3O2/c1-11(18(25)24-17-9-4-13(20)10-16(17)21)22-14-5-7-15(8-6-14)23-19(26)12-2-3-12/h4-12,22H,2-3H2,1H3,(H,23,26)(H,24,25). The van der Waals surface area contributed by atoms with Gasteiger partial charge in [0.05, 0.1) is 5.69 Å². The van der Waals surface area contributed by atoms with Crippen LogP contribution < -0.4 is 16.0 Å². The lowest BCUT2D eigenvalue weighted by molar-refractivity contribution is -0.117. The first-order valence-electron chi connectivity index (χ1n) is 8.36. The average Bonchev–Trinajstić information content (AvgIpc) is 3.44. The minimum absolute atomic E-state index is 0.0449. The summed E-state index contributed by atoms with van der Waals surface area (Å²) in [4.78, 5) is 23.9. The summed E-state index contributed by atoms with van der Waals surface area (Å²) >= 11 is 5.70. The first-order chi connectivity index (χ1) is 12.4. The molecule has 26 heavy (non-hydrogen) atoms. The van der Waals surface area contributed by atoms with Crippen LogP contribution >= 0.6 is 11.6 Å². The predicted molar refractivity (Wildman–Crippen MR) is 101 cm³/mol. The second-order valence-electron chi connectivity index (χ2n) is 6.32. The number of halogens is 2. The number of carbonyl (C=O) groups excluding carboxylic acids is 2. The Morgan fingerprint density at radius 3 is 2.35 bits per heavy atom. The molecule has 2 aromatic rings. The first-order valence-corrected chi connectivity index (χ1v) is 8.73. The third-order valence-electron chi connectivity index (χ3n) is 4.07. The third-order valence-corrected chi connectivity index (χ3v) is 4.30. The van der Waals surface area contributed by atoms with Crippen molar-refractivity contribution in [1.82, 2.24) is 0 Å². The molecule has 0 aliphatic heterocycles. The van der Waals surface area contributed by atoms with Gasteiger partial charge in [0.15, 0.2) is 0 Å². The van der Waals surface area contributed by atoms with E-state index < -0.39 is 11.9 Å². The third kappa shape index (κ3) is 4.73. The average molecular weight is 376 g/mol. The molecule has 1 aliphatic rings. The lowest BCUT2D eigenvalue weighted by Crippen LogP contribution is -2.32. The molecular formula is C19H19ClFN3O2.